The fourth-order valence-corrected chi connectivity index (χ4v) is 3.38. The zero-order chi connectivity index (χ0) is 16.7. The van der Waals surface area contributed by atoms with Gasteiger partial charge in [-0.25, -0.2) is 0 Å². The third-order valence-electron chi connectivity index (χ3n) is 3.65. The van der Waals surface area contributed by atoms with Crippen molar-refractivity contribution in [3.05, 3.63) is 66.2 Å². The minimum atomic E-state index is -0.115. The number of hydrogen-bond acceptors (Lipinski definition) is 2. The van der Waals surface area contributed by atoms with E-state index in [-0.39, 0.29) is 17.2 Å². The van der Waals surface area contributed by atoms with Gasteiger partial charge < -0.3 is 5.32 Å². The summed E-state index contributed by atoms with van der Waals surface area (Å²) < 4.78 is 0. The van der Waals surface area contributed by atoms with E-state index < -0.39 is 0 Å². The lowest BCUT2D eigenvalue weighted by atomic mass is 9.97. The lowest BCUT2D eigenvalue weighted by Crippen LogP contribution is -2.35. The maximum atomic E-state index is 12.6. The van der Waals surface area contributed by atoms with Gasteiger partial charge in [0, 0.05) is 4.90 Å². The van der Waals surface area contributed by atoms with E-state index in [1.807, 2.05) is 55.5 Å². The number of carbonyl (C=O) groups is 1. The average Bonchev–Trinajstić information content (AvgIpc) is 2.55. The molecule has 2 rings (SSSR count). The van der Waals surface area contributed by atoms with Crippen LogP contribution in [0.1, 0.15) is 38.8 Å². The van der Waals surface area contributed by atoms with Gasteiger partial charge in [-0.05, 0) is 37.0 Å². The molecule has 122 valence electrons. The molecule has 2 atom stereocenters. The Morgan fingerprint density at radius 1 is 0.957 bits per heavy atom. The van der Waals surface area contributed by atoms with E-state index in [0.717, 1.165) is 11.3 Å². The first kappa shape index (κ1) is 17.6. The standard InChI is InChI=1S/C20H25NOS/c1-15(2)14-19(17-10-6-4-7-11-17)21-20(22)16(3)23-18-12-8-5-9-13-18/h4-13,15-16,19H,14H2,1-3H3,(H,21,22)/t16-,19-/m1/s1. The normalized spacial score (nSPS) is 13.6. The molecule has 2 aromatic rings. The van der Waals surface area contributed by atoms with Gasteiger partial charge in [-0.3, -0.25) is 4.79 Å². The van der Waals surface area contributed by atoms with Crippen LogP contribution in [0.25, 0.3) is 0 Å². The Labute approximate surface area is 143 Å². The van der Waals surface area contributed by atoms with Gasteiger partial charge in [0.25, 0.3) is 0 Å². The van der Waals surface area contributed by atoms with Crippen LogP contribution in [0.2, 0.25) is 0 Å². The third kappa shape index (κ3) is 5.76. The number of carbonyl (C=O) groups excluding carboxylic acids is 1. The summed E-state index contributed by atoms with van der Waals surface area (Å²) in [5, 5.41) is 3.11. The number of benzene rings is 2. The highest BCUT2D eigenvalue weighted by Gasteiger charge is 2.20. The second kappa shape index (κ2) is 8.78. The summed E-state index contributed by atoms with van der Waals surface area (Å²) in [5.74, 6) is 0.617. The number of rotatable bonds is 7. The molecule has 2 aromatic carbocycles. The summed E-state index contributed by atoms with van der Waals surface area (Å²) >= 11 is 1.60. The van der Waals surface area contributed by atoms with Gasteiger partial charge in [-0.1, -0.05) is 62.4 Å². The molecule has 23 heavy (non-hydrogen) atoms. The Hall–Kier alpha value is -1.74. The second-order valence-electron chi connectivity index (χ2n) is 6.17. The molecule has 0 aliphatic carbocycles. The second-order valence-corrected chi connectivity index (χ2v) is 7.59. The van der Waals surface area contributed by atoms with Gasteiger partial charge >= 0.3 is 0 Å². The molecular weight excluding hydrogens is 302 g/mol. The molecule has 0 saturated carbocycles. The van der Waals surface area contributed by atoms with E-state index in [9.17, 15) is 4.79 Å². The Morgan fingerprint density at radius 3 is 2.09 bits per heavy atom. The van der Waals surface area contributed by atoms with E-state index >= 15 is 0 Å². The predicted molar refractivity (Wildman–Crippen MR) is 98.5 cm³/mol. The van der Waals surface area contributed by atoms with Gasteiger partial charge in [0.05, 0.1) is 11.3 Å². The molecule has 0 aromatic heterocycles. The molecule has 0 unspecified atom stereocenters. The van der Waals surface area contributed by atoms with E-state index in [1.54, 1.807) is 11.8 Å². The highest BCUT2D eigenvalue weighted by molar-refractivity contribution is 8.00. The summed E-state index contributed by atoms with van der Waals surface area (Å²) in [5.41, 5.74) is 1.17. The SMILES string of the molecule is CC(C)C[C@@H](NC(=O)[C@@H](C)Sc1ccccc1)c1ccccc1. The van der Waals surface area contributed by atoms with E-state index in [2.05, 4.69) is 31.3 Å². The van der Waals surface area contributed by atoms with Crippen LogP contribution in [0, 0.1) is 5.92 Å². The molecule has 0 fully saturated rings. The average molecular weight is 327 g/mol. The number of hydrogen-bond donors (Lipinski definition) is 1. The smallest absolute Gasteiger partial charge is 0.233 e. The third-order valence-corrected chi connectivity index (χ3v) is 4.76. The van der Waals surface area contributed by atoms with Crippen LogP contribution in [0.4, 0.5) is 0 Å². The lowest BCUT2D eigenvalue weighted by molar-refractivity contribution is -0.121. The van der Waals surface area contributed by atoms with Crippen LogP contribution < -0.4 is 5.32 Å². The maximum Gasteiger partial charge on any atom is 0.233 e. The van der Waals surface area contributed by atoms with Gasteiger partial charge in [-0.2, -0.15) is 0 Å². The largest absolute Gasteiger partial charge is 0.348 e. The monoisotopic (exact) mass is 327 g/mol. The number of thioether (sulfide) groups is 1. The van der Waals surface area contributed by atoms with Gasteiger partial charge in [0.1, 0.15) is 0 Å². The van der Waals surface area contributed by atoms with Crippen molar-refractivity contribution in [2.75, 3.05) is 0 Å². The van der Waals surface area contributed by atoms with Crippen molar-refractivity contribution in [2.45, 2.75) is 43.4 Å². The highest BCUT2D eigenvalue weighted by atomic mass is 32.2. The highest BCUT2D eigenvalue weighted by Crippen LogP contribution is 2.25. The number of nitrogens with one attached hydrogen (secondary N) is 1. The topological polar surface area (TPSA) is 29.1 Å². The molecule has 0 bridgehead atoms. The van der Waals surface area contributed by atoms with Crippen LogP contribution in [0.5, 0.6) is 0 Å². The molecule has 0 aliphatic heterocycles. The minimum Gasteiger partial charge on any atom is -0.348 e. The van der Waals surface area contributed by atoms with Gasteiger partial charge in [0.2, 0.25) is 5.91 Å². The van der Waals surface area contributed by atoms with E-state index in [1.165, 1.54) is 5.56 Å². The summed E-state index contributed by atoms with van der Waals surface area (Å²) in [7, 11) is 0. The molecule has 0 radical (unpaired) electrons. The zero-order valence-electron chi connectivity index (χ0n) is 14.0. The molecule has 2 nitrogen and oxygen atoms in total. The van der Waals surface area contributed by atoms with Crippen molar-refractivity contribution in [2.24, 2.45) is 5.92 Å². The van der Waals surface area contributed by atoms with Crippen LogP contribution in [-0.2, 0) is 4.79 Å². The molecule has 0 saturated heterocycles. The van der Waals surface area contributed by atoms with Crippen molar-refractivity contribution in [3.63, 3.8) is 0 Å². The van der Waals surface area contributed by atoms with Crippen LogP contribution in [0.15, 0.2) is 65.6 Å². The minimum absolute atomic E-state index is 0.0718. The quantitative estimate of drug-likeness (QED) is 0.719. The van der Waals surface area contributed by atoms with Crippen LogP contribution in [-0.4, -0.2) is 11.2 Å². The first-order valence-electron chi connectivity index (χ1n) is 8.13. The summed E-state index contributed by atoms with van der Waals surface area (Å²) in [6, 6.07) is 20.4. The predicted octanol–water partition coefficient (Wildman–Crippen LogP) is 5.07. The number of amides is 1. The molecule has 0 aliphatic rings. The van der Waals surface area contributed by atoms with Crippen molar-refractivity contribution in [3.8, 4) is 0 Å². The Morgan fingerprint density at radius 2 is 1.52 bits per heavy atom. The van der Waals surface area contributed by atoms with Gasteiger partial charge in [0.15, 0.2) is 0 Å². The molecule has 3 heteroatoms. The summed E-state index contributed by atoms with van der Waals surface area (Å²) in [6.07, 6.45) is 0.943. The Bertz CT molecular complexity index is 598. The van der Waals surface area contributed by atoms with Crippen LogP contribution in [0.3, 0.4) is 0 Å². The molecule has 0 spiro atoms. The van der Waals surface area contributed by atoms with Crippen molar-refractivity contribution >= 4 is 17.7 Å². The van der Waals surface area contributed by atoms with Crippen molar-refractivity contribution < 1.29 is 4.79 Å². The fourth-order valence-electron chi connectivity index (χ4n) is 2.48. The molecule has 0 heterocycles. The molecule has 1 N–H and O–H groups in total. The van der Waals surface area contributed by atoms with Gasteiger partial charge in [-0.15, -0.1) is 11.8 Å². The Balaban J connectivity index is 2.02. The summed E-state index contributed by atoms with van der Waals surface area (Å²) in [4.78, 5) is 13.7. The van der Waals surface area contributed by atoms with E-state index in [0.29, 0.717) is 5.92 Å². The summed E-state index contributed by atoms with van der Waals surface area (Å²) in [6.45, 7) is 6.33. The van der Waals surface area contributed by atoms with Crippen LogP contribution >= 0.6 is 11.8 Å². The first-order chi connectivity index (χ1) is 11.1. The molecular formula is C20H25NOS. The van der Waals surface area contributed by atoms with Crippen molar-refractivity contribution in [1.82, 2.24) is 5.32 Å². The lowest BCUT2D eigenvalue weighted by Gasteiger charge is -2.23. The fraction of sp³-hybridized carbons (Fsp3) is 0.350. The van der Waals surface area contributed by atoms with Crippen molar-refractivity contribution in [1.29, 1.82) is 0 Å². The first-order valence-corrected chi connectivity index (χ1v) is 9.01. The maximum absolute atomic E-state index is 12.6. The molecule has 1 amide bonds. The zero-order valence-corrected chi connectivity index (χ0v) is 14.8. The Kier molecular flexibility index (Phi) is 6.72. The van der Waals surface area contributed by atoms with E-state index in [4.69, 9.17) is 0 Å².